The number of piperidine rings is 1. The van der Waals surface area contributed by atoms with Crippen molar-refractivity contribution in [3.8, 4) is 0 Å². The van der Waals surface area contributed by atoms with Crippen LogP contribution in [0.2, 0.25) is 5.02 Å². The average molecular weight is 386 g/mol. The number of aryl methyl sites for hydroxylation is 2. The minimum atomic E-state index is -0.0396. The lowest BCUT2D eigenvalue weighted by molar-refractivity contribution is -0.120. The number of benzene rings is 1. The van der Waals surface area contributed by atoms with Gasteiger partial charge in [0.2, 0.25) is 5.91 Å². The standard InChI is InChI=1S/C19H20ClN5O2/c1-11-3-4-14(9-15(11)20)23-18(26)13-5-7-25(8-6-13)17-16-12(2)24-27-19(16)22-10-21-17/h3-4,9-10,13H,5-8H2,1-2H3,(H,23,26). The summed E-state index contributed by atoms with van der Waals surface area (Å²) >= 11 is 6.14. The second-order valence-corrected chi connectivity index (χ2v) is 7.27. The molecule has 0 bridgehead atoms. The van der Waals surface area contributed by atoms with Gasteiger partial charge in [-0.25, -0.2) is 4.98 Å². The maximum Gasteiger partial charge on any atom is 0.263 e. The number of hydrogen-bond donors (Lipinski definition) is 1. The summed E-state index contributed by atoms with van der Waals surface area (Å²) in [4.78, 5) is 23.3. The SMILES string of the molecule is Cc1ccc(NC(=O)C2CCN(c3ncnc4onc(C)c34)CC2)cc1Cl. The predicted octanol–water partition coefficient (Wildman–Crippen LogP) is 3.74. The summed E-state index contributed by atoms with van der Waals surface area (Å²) < 4.78 is 5.22. The molecule has 2 aromatic heterocycles. The Morgan fingerprint density at radius 3 is 2.78 bits per heavy atom. The van der Waals surface area contributed by atoms with Gasteiger partial charge in [-0.15, -0.1) is 0 Å². The van der Waals surface area contributed by atoms with Crippen molar-refractivity contribution in [3.63, 3.8) is 0 Å². The van der Waals surface area contributed by atoms with Gasteiger partial charge in [-0.05, 0) is 44.4 Å². The molecule has 27 heavy (non-hydrogen) atoms. The summed E-state index contributed by atoms with van der Waals surface area (Å²) in [6.07, 6.45) is 2.99. The fraction of sp³-hybridized carbons (Fsp3) is 0.368. The summed E-state index contributed by atoms with van der Waals surface area (Å²) in [5, 5.41) is 8.45. The van der Waals surface area contributed by atoms with Crippen molar-refractivity contribution in [3.05, 3.63) is 40.8 Å². The van der Waals surface area contributed by atoms with E-state index in [4.69, 9.17) is 16.1 Å². The minimum Gasteiger partial charge on any atom is -0.356 e. The highest BCUT2D eigenvalue weighted by Gasteiger charge is 2.27. The van der Waals surface area contributed by atoms with Crippen molar-refractivity contribution in [2.24, 2.45) is 5.92 Å². The molecule has 0 saturated carbocycles. The lowest BCUT2D eigenvalue weighted by atomic mass is 9.95. The first-order valence-corrected chi connectivity index (χ1v) is 9.29. The molecule has 0 aliphatic carbocycles. The van der Waals surface area contributed by atoms with Crippen LogP contribution in [0.4, 0.5) is 11.5 Å². The summed E-state index contributed by atoms with van der Waals surface area (Å²) in [5.41, 5.74) is 2.99. The van der Waals surface area contributed by atoms with Crippen LogP contribution in [0.5, 0.6) is 0 Å². The third-order valence-electron chi connectivity index (χ3n) is 5.03. The van der Waals surface area contributed by atoms with Gasteiger partial charge in [-0.1, -0.05) is 22.8 Å². The number of halogens is 1. The summed E-state index contributed by atoms with van der Waals surface area (Å²) in [6.45, 7) is 5.30. The van der Waals surface area contributed by atoms with Crippen molar-refractivity contribution >= 4 is 40.1 Å². The zero-order chi connectivity index (χ0) is 19.0. The van der Waals surface area contributed by atoms with Gasteiger partial charge in [0.1, 0.15) is 17.5 Å². The van der Waals surface area contributed by atoms with E-state index in [0.29, 0.717) is 10.7 Å². The van der Waals surface area contributed by atoms with Crippen molar-refractivity contribution in [1.29, 1.82) is 0 Å². The first-order valence-electron chi connectivity index (χ1n) is 8.92. The third kappa shape index (κ3) is 3.47. The Balaban J connectivity index is 1.43. The van der Waals surface area contributed by atoms with E-state index in [2.05, 4.69) is 25.3 Å². The first kappa shape index (κ1) is 17.7. The summed E-state index contributed by atoms with van der Waals surface area (Å²) in [6, 6.07) is 5.57. The van der Waals surface area contributed by atoms with E-state index < -0.39 is 0 Å². The van der Waals surface area contributed by atoms with Crippen molar-refractivity contribution in [2.75, 3.05) is 23.3 Å². The van der Waals surface area contributed by atoms with Crippen LogP contribution in [0.1, 0.15) is 24.1 Å². The summed E-state index contributed by atoms with van der Waals surface area (Å²) in [7, 11) is 0. The molecule has 1 aromatic carbocycles. The van der Waals surface area contributed by atoms with Crippen LogP contribution in [0.3, 0.4) is 0 Å². The van der Waals surface area contributed by atoms with Crippen LogP contribution in [-0.2, 0) is 4.79 Å². The number of amides is 1. The largest absolute Gasteiger partial charge is 0.356 e. The van der Waals surface area contributed by atoms with Gasteiger partial charge in [0.25, 0.3) is 5.71 Å². The van der Waals surface area contributed by atoms with Gasteiger partial charge in [0, 0.05) is 29.7 Å². The maximum atomic E-state index is 12.6. The number of nitrogens with zero attached hydrogens (tertiary/aromatic N) is 4. The highest BCUT2D eigenvalue weighted by molar-refractivity contribution is 6.31. The molecule has 1 fully saturated rings. The van der Waals surface area contributed by atoms with Crippen molar-refractivity contribution < 1.29 is 9.32 Å². The van der Waals surface area contributed by atoms with Crippen LogP contribution >= 0.6 is 11.6 Å². The molecule has 3 aromatic rings. The molecule has 3 heterocycles. The molecule has 7 nitrogen and oxygen atoms in total. The van der Waals surface area contributed by atoms with Gasteiger partial charge in [0.05, 0.1) is 5.69 Å². The molecule has 0 radical (unpaired) electrons. The first-order chi connectivity index (χ1) is 13.0. The Kier molecular flexibility index (Phi) is 4.70. The number of carbonyl (C=O) groups excluding carboxylic acids is 1. The lowest BCUT2D eigenvalue weighted by Crippen LogP contribution is -2.38. The monoisotopic (exact) mass is 385 g/mol. The van der Waals surface area contributed by atoms with Crippen LogP contribution in [0.25, 0.3) is 11.1 Å². The quantitative estimate of drug-likeness (QED) is 0.739. The molecule has 1 amide bonds. The smallest absolute Gasteiger partial charge is 0.263 e. The highest BCUT2D eigenvalue weighted by Crippen LogP contribution is 2.30. The minimum absolute atomic E-state index is 0.0311. The second kappa shape index (κ2) is 7.15. The van der Waals surface area contributed by atoms with Gasteiger partial charge >= 0.3 is 0 Å². The zero-order valence-corrected chi connectivity index (χ0v) is 16.0. The van der Waals surface area contributed by atoms with Crippen molar-refractivity contribution in [2.45, 2.75) is 26.7 Å². The van der Waals surface area contributed by atoms with E-state index in [1.807, 2.05) is 26.0 Å². The molecular formula is C19H20ClN5O2. The number of carbonyl (C=O) groups is 1. The Morgan fingerprint density at radius 1 is 1.26 bits per heavy atom. The van der Waals surface area contributed by atoms with E-state index in [0.717, 1.165) is 54.1 Å². The molecule has 0 spiro atoms. The molecule has 8 heteroatoms. The molecule has 140 valence electrons. The highest BCUT2D eigenvalue weighted by atomic mass is 35.5. The van der Waals surface area contributed by atoms with Crippen LogP contribution < -0.4 is 10.2 Å². The Hall–Kier alpha value is -2.67. The molecule has 1 saturated heterocycles. The van der Waals surface area contributed by atoms with Gasteiger partial charge in [0.15, 0.2) is 0 Å². The number of rotatable bonds is 3. The molecule has 0 atom stereocenters. The zero-order valence-electron chi connectivity index (χ0n) is 15.2. The van der Waals surface area contributed by atoms with Gasteiger partial charge in [-0.3, -0.25) is 4.79 Å². The van der Waals surface area contributed by atoms with E-state index in [9.17, 15) is 4.79 Å². The van der Waals surface area contributed by atoms with E-state index in [1.54, 1.807) is 6.07 Å². The summed E-state index contributed by atoms with van der Waals surface area (Å²) in [5.74, 6) is 0.814. The van der Waals surface area contributed by atoms with E-state index in [-0.39, 0.29) is 11.8 Å². The van der Waals surface area contributed by atoms with Gasteiger partial charge < -0.3 is 14.7 Å². The molecule has 1 aliphatic heterocycles. The number of aromatic nitrogens is 3. The third-order valence-corrected chi connectivity index (χ3v) is 5.44. The normalized spacial score (nSPS) is 15.3. The molecule has 1 N–H and O–H groups in total. The molecular weight excluding hydrogens is 366 g/mol. The Bertz CT molecular complexity index is 995. The second-order valence-electron chi connectivity index (χ2n) is 6.86. The fourth-order valence-electron chi connectivity index (χ4n) is 3.41. The fourth-order valence-corrected chi connectivity index (χ4v) is 3.59. The number of nitrogens with one attached hydrogen (secondary N) is 1. The Labute approximate surface area is 161 Å². The lowest BCUT2D eigenvalue weighted by Gasteiger charge is -2.32. The van der Waals surface area contributed by atoms with Crippen LogP contribution in [0, 0.1) is 19.8 Å². The maximum absolute atomic E-state index is 12.6. The van der Waals surface area contributed by atoms with Crippen LogP contribution in [-0.4, -0.2) is 34.1 Å². The number of hydrogen-bond acceptors (Lipinski definition) is 6. The molecule has 0 unspecified atom stereocenters. The molecule has 1 aliphatic rings. The average Bonchev–Trinajstić information content (AvgIpc) is 3.06. The Morgan fingerprint density at radius 2 is 2.04 bits per heavy atom. The predicted molar refractivity (Wildman–Crippen MR) is 104 cm³/mol. The molecule has 4 rings (SSSR count). The van der Waals surface area contributed by atoms with E-state index in [1.165, 1.54) is 6.33 Å². The van der Waals surface area contributed by atoms with Gasteiger partial charge in [-0.2, -0.15) is 4.98 Å². The van der Waals surface area contributed by atoms with E-state index >= 15 is 0 Å². The number of fused-ring (bicyclic) bond motifs is 1. The van der Waals surface area contributed by atoms with Crippen molar-refractivity contribution in [1.82, 2.24) is 15.1 Å². The number of anilines is 2. The topological polar surface area (TPSA) is 84.2 Å². The van der Waals surface area contributed by atoms with Crippen LogP contribution in [0.15, 0.2) is 29.0 Å².